The summed E-state index contributed by atoms with van der Waals surface area (Å²) in [5.41, 5.74) is 3.37. The van der Waals surface area contributed by atoms with Crippen molar-refractivity contribution in [3.8, 4) is 0 Å². The molecule has 2 N–H and O–H groups in total. The van der Waals surface area contributed by atoms with Crippen LogP contribution in [0.1, 0.15) is 66.2 Å². The molecule has 7 nitrogen and oxygen atoms in total. The molecule has 2 aliphatic heterocycles. The SMILES string of the molecule is CC.Cc1ccc(C(C)(F)F)cc1.O=CNCc1ccc2c(c1)CN(C1CCC(=O)NC1=O)C2=O. The number of fused-ring (bicyclic) bond motifs is 1. The van der Waals surface area contributed by atoms with E-state index in [4.69, 9.17) is 0 Å². The summed E-state index contributed by atoms with van der Waals surface area (Å²) in [5, 5.41) is 4.85. The third kappa shape index (κ3) is 7.18. The van der Waals surface area contributed by atoms with Crippen molar-refractivity contribution in [1.82, 2.24) is 15.5 Å². The molecule has 4 amide bonds. The molecule has 2 aliphatic rings. The van der Waals surface area contributed by atoms with Gasteiger partial charge >= 0.3 is 0 Å². The second-order valence-electron chi connectivity index (χ2n) is 8.14. The van der Waals surface area contributed by atoms with Gasteiger partial charge in [-0.3, -0.25) is 24.5 Å². The lowest BCUT2D eigenvalue weighted by atomic mass is 10.0. The van der Waals surface area contributed by atoms with Gasteiger partial charge in [0.15, 0.2) is 0 Å². The van der Waals surface area contributed by atoms with Crippen LogP contribution in [0, 0.1) is 6.92 Å². The Morgan fingerprint density at radius 1 is 1.11 bits per heavy atom. The van der Waals surface area contributed by atoms with Gasteiger partial charge in [-0.1, -0.05) is 55.8 Å². The summed E-state index contributed by atoms with van der Waals surface area (Å²) in [6.07, 6.45) is 1.21. The molecule has 0 aromatic heterocycles. The summed E-state index contributed by atoms with van der Waals surface area (Å²) < 4.78 is 25.2. The maximum absolute atomic E-state index is 12.6. The fourth-order valence-electron chi connectivity index (χ4n) is 3.74. The molecular weight excluding hydrogens is 456 g/mol. The van der Waals surface area contributed by atoms with Crippen LogP contribution < -0.4 is 10.6 Å². The van der Waals surface area contributed by atoms with Crippen LogP contribution in [0.15, 0.2) is 42.5 Å². The molecule has 0 radical (unpaired) electrons. The Hall–Kier alpha value is -3.62. The first-order valence-corrected chi connectivity index (χ1v) is 11.5. The first kappa shape index (κ1) is 27.6. The number of alkyl halides is 2. The van der Waals surface area contributed by atoms with E-state index in [1.807, 2.05) is 26.8 Å². The smallest absolute Gasteiger partial charge is 0.270 e. The van der Waals surface area contributed by atoms with Gasteiger partial charge in [-0.2, -0.15) is 0 Å². The van der Waals surface area contributed by atoms with Gasteiger partial charge in [0.05, 0.1) is 0 Å². The molecule has 1 saturated heterocycles. The number of carbonyl (C=O) groups excluding carboxylic acids is 4. The van der Waals surface area contributed by atoms with Gasteiger partial charge in [0, 0.05) is 37.6 Å². The minimum absolute atomic E-state index is 0.0723. The molecule has 0 saturated carbocycles. The number of hydrogen-bond acceptors (Lipinski definition) is 4. The zero-order valence-electron chi connectivity index (χ0n) is 20.4. The molecule has 0 aliphatic carbocycles. The van der Waals surface area contributed by atoms with Crippen LogP contribution in [-0.2, 0) is 33.4 Å². The minimum Gasteiger partial charge on any atom is -0.355 e. The number of imide groups is 1. The molecule has 2 heterocycles. The highest BCUT2D eigenvalue weighted by Gasteiger charge is 2.39. The van der Waals surface area contributed by atoms with Crippen LogP contribution >= 0.6 is 0 Å². The molecular formula is C26H31F2N3O4. The predicted octanol–water partition coefficient (Wildman–Crippen LogP) is 3.83. The van der Waals surface area contributed by atoms with Gasteiger partial charge in [0.1, 0.15) is 6.04 Å². The van der Waals surface area contributed by atoms with Crippen molar-refractivity contribution in [2.75, 3.05) is 0 Å². The van der Waals surface area contributed by atoms with E-state index in [1.165, 1.54) is 17.0 Å². The lowest BCUT2D eigenvalue weighted by molar-refractivity contribution is -0.136. The van der Waals surface area contributed by atoms with Gasteiger partial charge in [-0.05, 0) is 30.5 Å². The Kier molecular flexibility index (Phi) is 9.62. The Labute approximate surface area is 203 Å². The second-order valence-corrected chi connectivity index (χ2v) is 8.14. The largest absolute Gasteiger partial charge is 0.355 e. The Balaban J connectivity index is 0.000000280. The number of carbonyl (C=O) groups is 4. The monoisotopic (exact) mass is 487 g/mol. The number of hydrogen-bond donors (Lipinski definition) is 2. The van der Waals surface area contributed by atoms with E-state index < -0.39 is 17.9 Å². The number of aryl methyl sites for hydroxylation is 1. The number of piperidine rings is 1. The fourth-order valence-corrected chi connectivity index (χ4v) is 3.74. The molecule has 35 heavy (non-hydrogen) atoms. The fraction of sp³-hybridized carbons (Fsp3) is 0.385. The number of nitrogens with one attached hydrogen (secondary N) is 2. The van der Waals surface area contributed by atoms with E-state index in [0.717, 1.165) is 23.6 Å². The van der Waals surface area contributed by atoms with Gasteiger partial charge < -0.3 is 10.2 Å². The number of amides is 4. The maximum Gasteiger partial charge on any atom is 0.270 e. The number of halogens is 2. The molecule has 9 heteroatoms. The molecule has 2 aromatic carbocycles. The lowest BCUT2D eigenvalue weighted by Crippen LogP contribution is -2.52. The minimum atomic E-state index is -2.71. The van der Waals surface area contributed by atoms with Crippen molar-refractivity contribution in [2.45, 2.75) is 65.6 Å². The third-order valence-electron chi connectivity index (χ3n) is 5.54. The molecule has 4 rings (SSSR count). The van der Waals surface area contributed by atoms with E-state index in [0.29, 0.717) is 31.5 Å². The van der Waals surface area contributed by atoms with Crippen LogP contribution in [0.4, 0.5) is 8.78 Å². The van der Waals surface area contributed by atoms with Crippen molar-refractivity contribution < 1.29 is 28.0 Å². The summed E-state index contributed by atoms with van der Waals surface area (Å²) in [5.74, 6) is -3.62. The van der Waals surface area contributed by atoms with Crippen LogP contribution in [0.25, 0.3) is 0 Å². The van der Waals surface area contributed by atoms with Gasteiger partial charge in [0.25, 0.3) is 11.8 Å². The van der Waals surface area contributed by atoms with Crippen LogP contribution in [0.5, 0.6) is 0 Å². The van der Waals surface area contributed by atoms with Crippen LogP contribution in [0.2, 0.25) is 0 Å². The number of benzene rings is 2. The topological polar surface area (TPSA) is 95.6 Å². The van der Waals surface area contributed by atoms with Crippen molar-refractivity contribution in [1.29, 1.82) is 0 Å². The quantitative estimate of drug-likeness (QED) is 0.495. The summed E-state index contributed by atoms with van der Waals surface area (Å²) >= 11 is 0. The summed E-state index contributed by atoms with van der Waals surface area (Å²) in [6.45, 7) is 7.51. The first-order valence-electron chi connectivity index (χ1n) is 11.5. The van der Waals surface area contributed by atoms with E-state index >= 15 is 0 Å². The standard InChI is InChI=1S/C15H15N3O4.C9H10F2.C2H6/c19-8-16-6-9-1-2-11-10(5-9)7-18(15(11)22)12-3-4-13(20)17-14(12)21;1-7-3-5-8(6-4-7)9(2,10)11;1-2/h1-2,5,8,12H,3-4,6-7H2,(H,16,19)(H,17,20,21);3-6H,1-2H3;1-2H3. The number of rotatable bonds is 5. The van der Waals surface area contributed by atoms with E-state index in [9.17, 15) is 28.0 Å². The second kappa shape index (κ2) is 12.2. The van der Waals surface area contributed by atoms with Gasteiger partial charge in [0.2, 0.25) is 18.2 Å². The van der Waals surface area contributed by atoms with E-state index in [-0.39, 0.29) is 23.8 Å². The van der Waals surface area contributed by atoms with Gasteiger partial charge in [-0.15, -0.1) is 0 Å². The third-order valence-corrected chi connectivity index (χ3v) is 5.54. The van der Waals surface area contributed by atoms with Crippen molar-refractivity contribution in [2.24, 2.45) is 0 Å². The van der Waals surface area contributed by atoms with Crippen molar-refractivity contribution >= 4 is 24.1 Å². The normalized spacial score (nSPS) is 16.8. The van der Waals surface area contributed by atoms with Crippen LogP contribution in [-0.4, -0.2) is 35.1 Å². The Morgan fingerprint density at radius 2 is 1.77 bits per heavy atom. The molecule has 2 aromatic rings. The van der Waals surface area contributed by atoms with E-state index in [1.54, 1.807) is 24.3 Å². The average Bonchev–Trinajstić information content (AvgIpc) is 3.14. The summed E-state index contributed by atoms with van der Waals surface area (Å²) in [4.78, 5) is 47.4. The highest BCUT2D eigenvalue weighted by atomic mass is 19.3. The molecule has 1 atom stereocenters. The first-order chi connectivity index (χ1) is 16.6. The Bertz CT molecular complexity index is 1070. The lowest BCUT2D eigenvalue weighted by Gasteiger charge is -2.29. The van der Waals surface area contributed by atoms with Crippen molar-refractivity contribution in [3.05, 3.63) is 70.3 Å². The molecule has 188 valence electrons. The van der Waals surface area contributed by atoms with E-state index in [2.05, 4.69) is 10.6 Å². The zero-order chi connectivity index (χ0) is 26.2. The molecule has 1 unspecified atom stereocenters. The predicted molar refractivity (Wildman–Crippen MR) is 127 cm³/mol. The summed E-state index contributed by atoms with van der Waals surface area (Å²) in [7, 11) is 0. The number of nitrogens with zero attached hydrogens (tertiary/aromatic N) is 1. The zero-order valence-corrected chi connectivity index (χ0v) is 20.4. The molecule has 0 spiro atoms. The maximum atomic E-state index is 12.6. The van der Waals surface area contributed by atoms with Crippen LogP contribution in [0.3, 0.4) is 0 Å². The highest BCUT2D eigenvalue weighted by molar-refractivity contribution is 6.05. The van der Waals surface area contributed by atoms with Crippen molar-refractivity contribution in [3.63, 3.8) is 0 Å². The Morgan fingerprint density at radius 3 is 2.34 bits per heavy atom. The molecule has 0 bridgehead atoms. The average molecular weight is 488 g/mol. The molecule has 1 fully saturated rings. The van der Waals surface area contributed by atoms with Gasteiger partial charge in [-0.25, -0.2) is 8.78 Å². The summed E-state index contributed by atoms with van der Waals surface area (Å²) in [6, 6.07) is 11.0. The highest BCUT2D eigenvalue weighted by Crippen LogP contribution is 2.28.